The first-order valence-corrected chi connectivity index (χ1v) is 9.67. The number of ether oxygens (including phenoxy) is 1. The molecule has 0 aromatic heterocycles. The Morgan fingerprint density at radius 2 is 1.28 bits per heavy atom. The molecule has 0 unspecified atom stereocenters. The Morgan fingerprint density at radius 3 is 1.56 bits per heavy atom. The van der Waals surface area contributed by atoms with Gasteiger partial charge in [-0.1, -0.05) is 41.5 Å². The van der Waals surface area contributed by atoms with Gasteiger partial charge in [-0.05, 0) is 36.8 Å². The van der Waals surface area contributed by atoms with Gasteiger partial charge in [-0.2, -0.15) is 0 Å². The summed E-state index contributed by atoms with van der Waals surface area (Å²) in [6, 6.07) is 2.93. The Kier molecular flexibility index (Phi) is 5.42. The van der Waals surface area contributed by atoms with Crippen molar-refractivity contribution in [2.75, 3.05) is 7.11 Å². The molecule has 0 aliphatic heterocycles. The summed E-state index contributed by atoms with van der Waals surface area (Å²) >= 11 is 0. The topological polar surface area (TPSA) is 80.7 Å². The molecule has 1 aromatic rings. The lowest BCUT2D eigenvalue weighted by Crippen LogP contribution is -2.41. The number of phenols is 1. The number of carbonyl (C=O) groups excluding carboxylic acids is 1. The fraction of sp³-hybridized carbons (Fsp3) is 0.632. The number of carbonyl (C=O) groups is 1. The van der Waals surface area contributed by atoms with Gasteiger partial charge in [0, 0.05) is 11.1 Å². The molecule has 0 amide bonds. The number of sulfone groups is 1. The van der Waals surface area contributed by atoms with Gasteiger partial charge in [0.05, 0.1) is 12.0 Å². The monoisotopic (exact) mass is 370 g/mol. The van der Waals surface area contributed by atoms with Crippen LogP contribution in [0.1, 0.15) is 66.5 Å². The lowest BCUT2D eigenvalue weighted by molar-refractivity contribution is -0.142. The highest BCUT2D eigenvalue weighted by Gasteiger charge is 2.45. The van der Waals surface area contributed by atoms with E-state index < -0.39 is 31.4 Å². The maximum absolute atomic E-state index is 13.1. The second kappa shape index (κ2) is 6.31. The van der Waals surface area contributed by atoms with E-state index in [1.807, 2.05) is 41.5 Å². The van der Waals surface area contributed by atoms with Crippen molar-refractivity contribution < 1.29 is 23.1 Å². The Bertz CT molecular complexity index is 740. The molecule has 6 heteroatoms. The highest BCUT2D eigenvalue weighted by molar-refractivity contribution is 7.93. The number of rotatable bonds is 3. The molecule has 0 heterocycles. The fourth-order valence-corrected chi connectivity index (χ4v) is 3.99. The number of hydrogen-bond donors (Lipinski definition) is 1. The molecule has 0 saturated carbocycles. The maximum Gasteiger partial charge on any atom is 0.327 e. The summed E-state index contributed by atoms with van der Waals surface area (Å²) in [6.07, 6.45) is 0. The summed E-state index contributed by atoms with van der Waals surface area (Å²) in [7, 11) is -2.85. The van der Waals surface area contributed by atoms with Gasteiger partial charge in [-0.3, -0.25) is 4.79 Å². The van der Waals surface area contributed by atoms with Crippen LogP contribution in [0, 0.1) is 0 Å². The minimum absolute atomic E-state index is 0.00977. The molecule has 0 fully saturated rings. The van der Waals surface area contributed by atoms with E-state index in [2.05, 4.69) is 4.74 Å². The molecule has 1 rings (SSSR count). The van der Waals surface area contributed by atoms with Crippen molar-refractivity contribution in [1.82, 2.24) is 0 Å². The van der Waals surface area contributed by atoms with Crippen LogP contribution in [0.4, 0.5) is 0 Å². The van der Waals surface area contributed by atoms with E-state index in [1.165, 1.54) is 26.0 Å². The SMILES string of the molecule is COC(=O)C(C)(C)S(=O)(=O)c1cc(C(C)(C)C)c(O)c(C(C)(C)C)c1. The van der Waals surface area contributed by atoms with E-state index in [-0.39, 0.29) is 10.6 Å². The van der Waals surface area contributed by atoms with Gasteiger partial charge < -0.3 is 9.84 Å². The normalized spacial score (nSPS) is 13.6. The third-order valence-corrected chi connectivity index (χ3v) is 6.73. The van der Waals surface area contributed by atoms with Crippen molar-refractivity contribution >= 4 is 15.8 Å². The average Bonchev–Trinajstić information content (AvgIpc) is 2.43. The molecule has 1 N–H and O–H groups in total. The van der Waals surface area contributed by atoms with Crippen LogP contribution < -0.4 is 0 Å². The highest BCUT2D eigenvalue weighted by atomic mass is 32.2. The summed E-state index contributed by atoms with van der Waals surface area (Å²) in [5.41, 5.74) is 0.120. The third kappa shape index (κ3) is 3.84. The molecule has 0 bridgehead atoms. The Balaban J connectivity index is 3.87. The highest BCUT2D eigenvalue weighted by Crippen LogP contribution is 2.42. The van der Waals surface area contributed by atoms with Crippen molar-refractivity contribution in [3.63, 3.8) is 0 Å². The van der Waals surface area contributed by atoms with Crippen molar-refractivity contribution in [2.24, 2.45) is 0 Å². The zero-order valence-electron chi connectivity index (χ0n) is 16.6. The van der Waals surface area contributed by atoms with E-state index in [0.717, 1.165) is 7.11 Å². The Hall–Kier alpha value is -1.56. The number of hydrogen-bond acceptors (Lipinski definition) is 5. The van der Waals surface area contributed by atoms with Crippen molar-refractivity contribution in [1.29, 1.82) is 0 Å². The van der Waals surface area contributed by atoms with E-state index in [4.69, 9.17) is 0 Å². The third-order valence-electron chi connectivity index (χ3n) is 4.36. The van der Waals surface area contributed by atoms with Gasteiger partial charge in [-0.25, -0.2) is 8.42 Å². The lowest BCUT2D eigenvalue weighted by Gasteiger charge is -2.29. The number of esters is 1. The zero-order chi connectivity index (χ0) is 20.0. The minimum Gasteiger partial charge on any atom is -0.507 e. The molecular formula is C19H30O5S. The summed E-state index contributed by atoms with van der Waals surface area (Å²) in [4.78, 5) is 12.0. The molecule has 0 spiro atoms. The quantitative estimate of drug-likeness (QED) is 0.820. The number of aromatic hydroxyl groups is 1. The second-order valence-electron chi connectivity index (χ2n) is 8.87. The molecule has 25 heavy (non-hydrogen) atoms. The van der Waals surface area contributed by atoms with E-state index in [0.29, 0.717) is 11.1 Å². The molecule has 0 atom stereocenters. The molecule has 142 valence electrons. The number of methoxy groups -OCH3 is 1. The van der Waals surface area contributed by atoms with Crippen LogP contribution in [0.2, 0.25) is 0 Å². The van der Waals surface area contributed by atoms with Crippen molar-refractivity contribution in [2.45, 2.75) is 75.9 Å². The first kappa shape index (κ1) is 21.5. The van der Waals surface area contributed by atoms with Crippen molar-refractivity contribution in [3.8, 4) is 5.75 Å². The van der Waals surface area contributed by atoms with Crippen LogP contribution in [0.15, 0.2) is 17.0 Å². The average molecular weight is 371 g/mol. The summed E-state index contributed by atoms with van der Waals surface area (Å²) in [6.45, 7) is 14.1. The summed E-state index contributed by atoms with van der Waals surface area (Å²) in [5.74, 6) is -0.731. The number of phenolic OH excluding ortho intramolecular Hbond substituents is 1. The van der Waals surface area contributed by atoms with Gasteiger partial charge >= 0.3 is 5.97 Å². The molecule has 0 aliphatic rings. The molecule has 1 aromatic carbocycles. The molecule has 0 radical (unpaired) electrons. The molecule has 5 nitrogen and oxygen atoms in total. The van der Waals surface area contributed by atoms with Gasteiger partial charge in [-0.15, -0.1) is 0 Å². The zero-order valence-corrected chi connectivity index (χ0v) is 17.5. The number of benzene rings is 1. The van der Waals surface area contributed by atoms with Crippen molar-refractivity contribution in [3.05, 3.63) is 23.3 Å². The van der Waals surface area contributed by atoms with E-state index in [1.54, 1.807) is 0 Å². The predicted octanol–water partition coefficient (Wildman–Crippen LogP) is 3.71. The lowest BCUT2D eigenvalue weighted by atomic mass is 9.79. The van der Waals surface area contributed by atoms with Crippen LogP contribution in [0.3, 0.4) is 0 Å². The minimum atomic E-state index is -4.02. The predicted molar refractivity (Wildman–Crippen MR) is 98.8 cm³/mol. The van der Waals surface area contributed by atoms with Gasteiger partial charge in [0.2, 0.25) is 0 Å². The fourth-order valence-electron chi connectivity index (χ4n) is 2.56. The standard InChI is InChI=1S/C19H30O5S/c1-17(2,3)13-10-12(11-14(15(13)20)18(4,5)6)25(22,23)19(7,8)16(21)24-9/h10-11,20H,1-9H3. The molecule has 0 aliphatic carbocycles. The second-order valence-corrected chi connectivity index (χ2v) is 11.4. The Morgan fingerprint density at radius 1 is 0.920 bits per heavy atom. The van der Waals surface area contributed by atoms with E-state index in [9.17, 15) is 18.3 Å². The molecular weight excluding hydrogens is 340 g/mol. The van der Waals surface area contributed by atoms with Gasteiger partial charge in [0.1, 0.15) is 5.75 Å². The molecule has 0 saturated heterocycles. The van der Waals surface area contributed by atoms with Gasteiger partial charge in [0.15, 0.2) is 14.6 Å². The van der Waals surface area contributed by atoms with E-state index >= 15 is 0 Å². The van der Waals surface area contributed by atoms with Gasteiger partial charge in [0.25, 0.3) is 0 Å². The van der Waals surface area contributed by atoms with Crippen LogP contribution in [0.5, 0.6) is 5.75 Å². The van der Waals surface area contributed by atoms with Crippen LogP contribution in [-0.4, -0.2) is 31.4 Å². The first-order chi connectivity index (χ1) is 11.0. The smallest absolute Gasteiger partial charge is 0.327 e. The maximum atomic E-state index is 13.1. The summed E-state index contributed by atoms with van der Waals surface area (Å²) < 4.78 is 29.2. The summed E-state index contributed by atoms with van der Waals surface area (Å²) in [5, 5.41) is 10.7. The van der Waals surface area contributed by atoms with Crippen LogP contribution in [-0.2, 0) is 30.2 Å². The Labute approximate surface area is 151 Å². The largest absolute Gasteiger partial charge is 0.507 e. The van der Waals surface area contributed by atoms with Crippen LogP contribution >= 0.6 is 0 Å². The first-order valence-electron chi connectivity index (χ1n) is 8.19. The van der Waals surface area contributed by atoms with Crippen LogP contribution in [0.25, 0.3) is 0 Å².